The minimum atomic E-state index is -3.54. The van der Waals surface area contributed by atoms with Gasteiger partial charge in [0.25, 0.3) is 0 Å². The molecule has 6 heteroatoms. The molecular weight excluding hydrogens is 302 g/mol. The van der Waals surface area contributed by atoms with Crippen molar-refractivity contribution in [2.24, 2.45) is 5.92 Å². The lowest BCUT2D eigenvalue weighted by Gasteiger charge is -2.24. The monoisotopic (exact) mass is 325 g/mol. The van der Waals surface area contributed by atoms with Crippen molar-refractivity contribution in [3.63, 3.8) is 0 Å². The normalized spacial score (nSPS) is 22.1. The van der Waals surface area contributed by atoms with Crippen LogP contribution in [-0.2, 0) is 14.9 Å². The van der Waals surface area contributed by atoms with Gasteiger partial charge in [-0.1, -0.05) is 18.2 Å². The SMILES string of the molecule is O=S(=O)(CCN(CC1CCOC1)C1CC1)Oc1ccccc1. The molecule has 5 nitrogen and oxygen atoms in total. The molecule has 0 N–H and O–H groups in total. The van der Waals surface area contributed by atoms with Crippen LogP contribution in [0.25, 0.3) is 0 Å². The first-order valence-electron chi connectivity index (χ1n) is 7.91. The molecule has 0 radical (unpaired) electrons. The van der Waals surface area contributed by atoms with Crippen LogP contribution in [0.4, 0.5) is 0 Å². The Morgan fingerprint density at radius 1 is 1.18 bits per heavy atom. The largest absolute Gasteiger partial charge is 0.382 e. The molecule has 0 bridgehead atoms. The zero-order chi connectivity index (χ0) is 15.4. The number of ether oxygens (including phenoxy) is 1. The first kappa shape index (κ1) is 15.8. The first-order valence-corrected chi connectivity index (χ1v) is 9.49. The summed E-state index contributed by atoms with van der Waals surface area (Å²) in [6.07, 6.45) is 3.43. The van der Waals surface area contributed by atoms with Gasteiger partial charge in [-0.2, -0.15) is 8.42 Å². The quantitative estimate of drug-likeness (QED) is 0.683. The highest BCUT2D eigenvalue weighted by molar-refractivity contribution is 7.87. The van der Waals surface area contributed by atoms with Gasteiger partial charge in [0, 0.05) is 25.7 Å². The fourth-order valence-corrected chi connectivity index (χ4v) is 3.76. The second kappa shape index (κ2) is 6.98. The van der Waals surface area contributed by atoms with Gasteiger partial charge in [0.15, 0.2) is 0 Å². The predicted octanol–water partition coefficient (Wildman–Crippen LogP) is 1.90. The Hall–Kier alpha value is -1.11. The summed E-state index contributed by atoms with van der Waals surface area (Å²) >= 11 is 0. The predicted molar refractivity (Wildman–Crippen MR) is 84.4 cm³/mol. The van der Waals surface area contributed by atoms with Crippen LogP contribution in [0.1, 0.15) is 19.3 Å². The molecule has 0 aromatic heterocycles. The minimum Gasteiger partial charge on any atom is -0.382 e. The fraction of sp³-hybridized carbons (Fsp3) is 0.625. The van der Waals surface area contributed by atoms with E-state index in [0.717, 1.165) is 26.2 Å². The van der Waals surface area contributed by atoms with Crippen molar-refractivity contribution in [1.29, 1.82) is 0 Å². The smallest absolute Gasteiger partial charge is 0.310 e. The van der Waals surface area contributed by atoms with Crippen molar-refractivity contribution in [3.05, 3.63) is 30.3 Å². The Morgan fingerprint density at radius 3 is 2.59 bits per heavy atom. The van der Waals surface area contributed by atoms with Crippen LogP contribution in [-0.4, -0.2) is 51.4 Å². The molecule has 1 heterocycles. The molecule has 1 aliphatic carbocycles. The molecule has 1 saturated heterocycles. The lowest BCUT2D eigenvalue weighted by molar-refractivity contribution is 0.166. The van der Waals surface area contributed by atoms with E-state index in [1.54, 1.807) is 24.3 Å². The molecule has 1 unspecified atom stereocenters. The highest BCUT2D eigenvalue weighted by atomic mass is 32.2. The number of nitrogens with zero attached hydrogens (tertiary/aromatic N) is 1. The maximum atomic E-state index is 12.1. The van der Waals surface area contributed by atoms with E-state index in [2.05, 4.69) is 4.90 Å². The van der Waals surface area contributed by atoms with E-state index in [1.165, 1.54) is 12.8 Å². The van der Waals surface area contributed by atoms with E-state index in [0.29, 0.717) is 24.3 Å². The maximum absolute atomic E-state index is 12.1. The average Bonchev–Trinajstić information content (AvgIpc) is 3.21. The minimum absolute atomic E-state index is 0.0337. The van der Waals surface area contributed by atoms with Gasteiger partial charge in [-0.25, -0.2) is 0 Å². The standard InChI is InChI=1S/C16H23NO4S/c18-22(19,21-16-4-2-1-3-5-16)11-9-17(15-6-7-15)12-14-8-10-20-13-14/h1-5,14-15H,6-13H2. The topological polar surface area (TPSA) is 55.8 Å². The average molecular weight is 325 g/mol. The summed E-state index contributed by atoms with van der Waals surface area (Å²) in [7, 11) is -3.54. The molecule has 1 aromatic carbocycles. The third-order valence-corrected chi connectivity index (χ3v) is 5.30. The highest BCUT2D eigenvalue weighted by Gasteiger charge is 2.32. The van der Waals surface area contributed by atoms with Gasteiger partial charge in [-0.3, -0.25) is 4.90 Å². The molecule has 22 heavy (non-hydrogen) atoms. The molecule has 1 atom stereocenters. The second-order valence-corrected chi connectivity index (χ2v) is 7.80. The molecule has 2 aliphatic rings. The van der Waals surface area contributed by atoms with Crippen molar-refractivity contribution in [1.82, 2.24) is 4.90 Å². The van der Waals surface area contributed by atoms with Crippen molar-refractivity contribution in [3.8, 4) is 5.75 Å². The van der Waals surface area contributed by atoms with Gasteiger partial charge >= 0.3 is 10.1 Å². The lowest BCUT2D eigenvalue weighted by Crippen LogP contribution is -2.36. The second-order valence-electron chi connectivity index (χ2n) is 6.11. The molecule has 0 amide bonds. The molecule has 2 fully saturated rings. The summed E-state index contributed by atoms with van der Waals surface area (Å²) in [4.78, 5) is 2.30. The van der Waals surface area contributed by atoms with Crippen LogP contribution < -0.4 is 4.18 Å². The summed E-state index contributed by atoms with van der Waals surface area (Å²) in [6, 6.07) is 9.23. The van der Waals surface area contributed by atoms with Crippen molar-refractivity contribution in [2.45, 2.75) is 25.3 Å². The lowest BCUT2D eigenvalue weighted by atomic mass is 10.1. The van der Waals surface area contributed by atoms with E-state index in [1.807, 2.05) is 6.07 Å². The van der Waals surface area contributed by atoms with Gasteiger partial charge in [0.05, 0.1) is 12.4 Å². The van der Waals surface area contributed by atoms with Crippen molar-refractivity contribution >= 4 is 10.1 Å². The van der Waals surface area contributed by atoms with E-state index in [-0.39, 0.29) is 5.75 Å². The molecule has 3 rings (SSSR count). The first-order chi connectivity index (χ1) is 10.6. The van der Waals surface area contributed by atoms with Crippen LogP contribution in [0.15, 0.2) is 30.3 Å². The third-order valence-electron chi connectivity index (χ3n) is 4.17. The Balaban J connectivity index is 1.52. The molecule has 1 saturated carbocycles. The number of para-hydroxylation sites is 1. The molecule has 1 aromatic rings. The highest BCUT2D eigenvalue weighted by Crippen LogP contribution is 2.28. The Labute approximate surface area is 132 Å². The summed E-state index contributed by atoms with van der Waals surface area (Å²) in [5.41, 5.74) is 0. The molecular formula is C16H23NO4S. The van der Waals surface area contributed by atoms with E-state index < -0.39 is 10.1 Å². The van der Waals surface area contributed by atoms with Gasteiger partial charge in [0.1, 0.15) is 5.75 Å². The zero-order valence-electron chi connectivity index (χ0n) is 12.7. The summed E-state index contributed by atoms with van der Waals surface area (Å²) < 4.78 is 34.8. The van der Waals surface area contributed by atoms with Gasteiger partial charge in [-0.15, -0.1) is 0 Å². The van der Waals surface area contributed by atoms with Crippen molar-refractivity contribution in [2.75, 3.05) is 32.1 Å². The zero-order valence-corrected chi connectivity index (χ0v) is 13.5. The number of benzene rings is 1. The number of hydrogen-bond acceptors (Lipinski definition) is 5. The summed E-state index contributed by atoms with van der Waals surface area (Å²) in [6.45, 7) is 3.11. The van der Waals surface area contributed by atoms with E-state index >= 15 is 0 Å². The van der Waals surface area contributed by atoms with Crippen molar-refractivity contribution < 1.29 is 17.3 Å². The van der Waals surface area contributed by atoms with Gasteiger partial charge in [0.2, 0.25) is 0 Å². The molecule has 0 spiro atoms. The summed E-state index contributed by atoms with van der Waals surface area (Å²) in [5, 5.41) is 0. The summed E-state index contributed by atoms with van der Waals surface area (Å²) in [5.74, 6) is 0.953. The van der Waals surface area contributed by atoms with Crippen LogP contribution in [0.3, 0.4) is 0 Å². The van der Waals surface area contributed by atoms with Gasteiger partial charge < -0.3 is 8.92 Å². The van der Waals surface area contributed by atoms with E-state index in [9.17, 15) is 8.42 Å². The Morgan fingerprint density at radius 2 is 1.95 bits per heavy atom. The molecule has 122 valence electrons. The fourth-order valence-electron chi connectivity index (χ4n) is 2.81. The van der Waals surface area contributed by atoms with Gasteiger partial charge in [-0.05, 0) is 37.3 Å². The van der Waals surface area contributed by atoms with Crippen LogP contribution in [0.5, 0.6) is 5.75 Å². The Kier molecular flexibility index (Phi) is 5.00. The van der Waals surface area contributed by atoms with Crippen LogP contribution >= 0.6 is 0 Å². The Bertz CT molecular complexity index is 565. The van der Waals surface area contributed by atoms with Crippen LogP contribution in [0.2, 0.25) is 0 Å². The molecule has 1 aliphatic heterocycles. The number of rotatable bonds is 8. The number of hydrogen-bond donors (Lipinski definition) is 0. The maximum Gasteiger partial charge on any atom is 0.310 e. The van der Waals surface area contributed by atoms with E-state index in [4.69, 9.17) is 8.92 Å². The third kappa shape index (κ3) is 4.69. The van der Waals surface area contributed by atoms with Crippen LogP contribution in [0, 0.1) is 5.92 Å².